The first-order valence-electron chi connectivity index (χ1n) is 7.42. The number of ether oxygens (including phenoxy) is 1. The van der Waals surface area contributed by atoms with Gasteiger partial charge < -0.3 is 9.64 Å². The predicted octanol–water partition coefficient (Wildman–Crippen LogP) is 0.612. The molecule has 0 atom stereocenters. The molecule has 8 nitrogen and oxygen atoms in total. The van der Waals surface area contributed by atoms with Gasteiger partial charge in [-0.25, -0.2) is 9.52 Å². The van der Waals surface area contributed by atoms with Crippen LogP contribution in [0.15, 0.2) is 24.3 Å². The third-order valence-corrected chi connectivity index (χ3v) is 4.70. The van der Waals surface area contributed by atoms with E-state index >= 15 is 0 Å². The van der Waals surface area contributed by atoms with Gasteiger partial charge in [0.25, 0.3) is 10.2 Å². The molecule has 0 aliphatic rings. The SMILES string of the molecule is CCOC(=O)c1ccccc1N(CCNS(=O)(=O)N(C)C)C(C)=O. The number of rotatable bonds is 8. The second kappa shape index (κ2) is 8.76. The maximum Gasteiger partial charge on any atom is 0.340 e. The Morgan fingerprint density at radius 3 is 2.38 bits per heavy atom. The highest BCUT2D eigenvalue weighted by atomic mass is 32.2. The zero-order valence-corrected chi connectivity index (χ0v) is 15.1. The summed E-state index contributed by atoms with van der Waals surface area (Å²) in [6, 6.07) is 6.54. The van der Waals surface area contributed by atoms with E-state index in [9.17, 15) is 18.0 Å². The van der Waals surface area contributed by atoms with E-state index in [0.29, 0.717) is 5.69 Å². The average Bonchev–Trinajstić information content (AvgIpc) is 2.51. The van der Waals surface area contributed by atoms with E-state index in [4.69, 9.17) is 4.74 Å². The summed E-state index contributed by atoms with van der Waals surface area (Å²) in [6.45, 7) is 3.35. The lowest BCUT2D eigenvalue weighted by molar-refractivity contribution is -0.116. The van der Waals surface area contributed by atoms with Gasteiger partial charge >= 0.3 is 5.97 Å². The minimum Gasteiger partial charge on any atom is -0.462 e. The van der Waals surface area contributed by atoms with E-state index in [1.54, 1.807) is 31.2 Å². The van der Waals surface area contributed by atoms with Crippen LogP contribution in [0.1, 0.15) is 24.2 Å². The Morgan fingerprint density at radius 2 is 1.83 bits per heavy atom. The van der Waals surface area contributed by atoms with E-state index < -0.39 is 16.2 Å². The van der Waals surface area contributed by atoms with E-state index in [-0.39, 0.29) is 31.2 Å². The molecule has 0 saturated heterocycles. The molecule has 24 heavy (non-hydrogen) atoms. The lowest BCUT2D eigenvalue weighted by atomic mass is 10.1. The first kappa shape index (κ1) is 20.1. The van der Waals surface area contributed by atoms with Crippen LogP contribution in [-0.4, -0.2) is 58.4 Å². The molecule has 0 spiro atoms. The molecule has 1 amide bonds. The van der Waals surface area contributed by atoms with Gasteiger partial charge in [0.1, 0.15) is 0 Å². The molecule has 134 valence electrons. The predicted molar refractivity (Wildman–Crippen MR) is 91.0 cm³/mol. The van der Waals surface area contributed by atoms with Crippen LogP contribution >= 0.6 is 0 Å². The number of esters is 1. The monoisotopic (exact) mass is 357 g/mol. The summed E-state index contributed by atoms with van der Waals surface area (Å²) in [4.78, 5) is 25.3. The van der Waals surface area contributed by atoms with Crippen molar-refractivity contribution in [3.63, 3.8) is 0 Å². The maximum absolute atomic E-state index is 12.0. The van der Waals surface area contributed by atoms with Gasteiger partial charge in [-0.05, 0) is 19.1 Å². The number of hydrogen-bond donors (Lipinski definition) is 1. The van der Waals surface area contributed by atoms with Crippen LogP contribution in [0.4, 0.5) is 5.69 Å². The lowest BCUT2D eigenvalue weighted by Crippen LogP contribution is -2.42. The average molecular weight is 357 g/mol. The third-order valence-electron chi connectivity index (χ3n) is 3.17. The quantitative estimate of drug-likeness (QED) is 0.688. The molecule has 1 N–H and O–H groups in total. The molecule has 1 aromatic carbocycles. The van der Waals surface area contributed by atoms with Crippen LogP contribution < -0.4 is 9.62 Å². The summed E-state index contributed by atoms with van der Waals surface area (Å²) in [7, 11) is -0.775. The fraction of sp³-hybridized carbons (Fsp3) is 0.467. The minimum absolute atomic E-state index is 0.0112. The van der Waals surface area contributed by atoms with Crippen LogP contribution in [0.3, 0.4) is 0 Å². The van der Waals surface area contributed by atoms with Gasteiger partial charge in [0, 0.05) is 34.1 Å². The molecule has 0 aliphatic carbocycles. The van der Waals surface area contributed by atoms with E-state index in [2.05, 4.69) is 4.72 Å². The molecular weight excluding hydrogens is 334 g/mol. The molecule has 1 rings (SSSR count). The molecule has 0 heterocycles. The van der Waals surface area contributed by atoms with Crippen molar-refractivity contribution in [1.82, 2.24) is 9.03 Å². The zero-order chi connectivity index (χ0) is 18.3. The summed E-state index contributed by atoms with van der Waals surface area (Å²) >= 11 is 0. The van der Waals surface area contributed by atoms with Crippen LogP contribution in [0.25, 0.3) is 0 Å². The summed E-state index contributed by atoms with van der Waals surface area (Å²) in [5, 5.41) is 0. The molecule has 0 fully saturated rings. The number of carbonyl (C=O) groups is 2. The molecule has 1 aromatic rings. The Balaban J connectivity index is 2.98. The van der Waals surface area contributed by atoms with Crippen LogP contribution in [0.2, 0.25) is 0 Å². The Hall–Kier alpha value is -1.97. The highest BCUT2D eigenvalue weighted by molar-refractivity contribution is 7.87. The van der Waals surface area contributed by atoms with E-state index in [1.165, 1.54) is 25.9 Å². The molecule has 0 bridgehead atoms. The first-order chi connectivity index (χ1) is 11.2. The Morgan fingerprint density at radius 1 is 1.21 bits per heavy atom. The second-order valence-corrected chi connectivity index (χ2v) is 7.06. The van der Waals surface area contributed by atoms with Crippen LogP contribution in [-0.2, 0) is 19.7 Å². The Bertz CT molecular complexity index is 688. The van der Waals surface area contributed by atoms with Gasteiger partial charge in [-0.1, -0.05) is 12.1 Å². The molecule has 9 heteroatoms. The molecule has 0 aliphatic heterocycles. The van der Waals surface area contributed by atoms with Gasteiger partial charge in [0.2, 0.25) is 5.91 Å². The minimum atomic E-state index is -3.58. The van der Waals surface area contributed by atoms with Crippen molar-refractivity contribution in [1.29, 1.82) is 0 Å². The van der Waals surface area contributed by atoms with Crippen molar-refractivity contribution in [3.8, 4) is 0 Å². The molecule has 0 radical (unpaired) electrons. The van der Waals surface area contributed by atoms with E-state index in [1.807, 2.05) is 0 Å². The molecule has 0 aromatic heterocycles. The third kappa shape index (κ3) is 5.29. The Labute approximate surface area is 142 Å². The fourth-order valence-corrected chi connectivity index (χ4v) is 2.56. The number of benzene rings is 1. The van der Waals surface area contributed by atoms with Crippen molar-refractivity contribution in [2.24, 2.45) is 0 Å². The number of anilines is 1. The van der Waals surface area contributed by atoms with Gasteiger partial charge in [-0.15, -0.1) is 0 Å². The number of nitrogens with zero attached hydrogens (tertiary/aromatic N) is 2. The second-order valence-electron chi connectivity index (χ2n) is 5.09. The Kier molecular flexibility index (Phi) is 7.33. The van der Waals surface area contributed by atoms with Crippen LogP contribution in [0, 0.1) is 0 Å². The summed E-state index contributed by atoms with van der Waals surface area (Å²) in [5.41, 5.74) is 0.637. The smallest absolute Gasteiger partial charge is 0.340 e. The van der Waals surface area contributed by atoms with Crippen molar-refractivity contribution < 1.29 is 22.7 Å². The van der Waals surface area contributed by atoms with Crippen molar-refractivity contribution in [3.05, 3.63) is 29.8 Å². The van der Waals surface area contributed by atoms with Gasteiger partial charge in [-0.3, -0.25) is 4.79 Å². The number of para-hydroxylation sites is 1. The number of hydrogen-bond acceptors (Lipinski definition) is 5. The van der Waals surface area contributed by atoms with Crippen LogP contribution in [0.5, 0.6) is 0 Å². The number of amides is 1. The molecule has 0 unspecified atom stereocenters. The summed E-state index contributed by atoms with van der Waals surface area (Å²) in [5.74, 6) is -0.843. The zero-order valence-electron chi connectivity index (χ0n) is 14.3. The van der Waals surface area contributed by atoms with E-state index in [0.717, 1.165) is 4.31 Å². The topological polar surface area (TPSA) is 96.0 Å². The molecular formula is C15H23N3O5S. The van der Waals surface area contributed by atoms with Crippen molar-refractivity contribution >= 4 is 27.8 Å². The fourth-order valence-electron chi connectivity index (χ4n) is 1.95. The normalized spacial score (nSPS) is 11.4. The lowest BCUT2D eigenvalue weighted by Gasteiger charge is -2.24. The largest absolute Gasteiger partial charge is 0.462 e. The van der Waals surface area contributed by atoms with Crippen molar-refractivity contribution in [2.75, 3.05) is 38.7 Å². The maximum atomic E-state index is 12.0. The highest BCUT2D eigenvalue weighted by Crippen LogP contribution is 2.21. The summed E-state index contributed by atoms with van der Waals surface area (Å²) < 4.78 is 31.8. The number of nitrogens with one attached hydrogen (secondary N) is 1. The van der Waals surface area contributed by atoms with Gasteiger partial charge in [-0.2, -0.15) is 12.7 Å². The van der Waals surface area contributed by atoms with Gasteiger partial charge in [0.15, 0.2) is 0 Å². The standard InChI is InChI=1S/C15H23N3O5S/c1-5-23-15(20)13-8-6-7-9-14(13)18(12(2)19)11-10-16-24(21,22)17(3)4/h6-9,16H,5,10-11H2,1-4H3. The van der Waals surface area contributed by atoms with Crippen molar-refractivity contribution in [2.45, 2.75) is 13.8 Å². The molecule has 0 saturated carbocycles. The first-order valence-corrected chi connectivity index (χ1v) is 8.86. The highest BCUT2D eigenvalue weighted by Gasteiger charge is 2.21. The number of carbonyl (C=O) groups excluding carboxylic acids is 2. The summed E-state index contributed by atoms with van der Waals surface area (Å²) in [6.07, 6.45) is 0. The van der Waals surface area contributed by atoms with Gasteiger partial charge in [0.05, 0.1) is 17.9 Å².